The molecule has 0 spiro atoms. The van der Waals surface area contributed by atoms with Crippen LogP contribution in [-0.4, -0.2) is 49.3 Å². The summed E-state index contributed by atoms with van der Waals surface area (Å²) >= 11 is 0. The molecule has 3 atom stereocenters. The first-order valence-electron chi connectivity index (χ1n) is 8.33. The summed E-state index contributed by atoms with van der Waals surface area (Å²) in [5, 5.41) is 3.74. The normalized spacial score (nSPS) is 32.4. The lowest BCUT2D eigenvalue weighted by atomic mass is 9.89. The van der Waals surface area contributed by atoms with Crippen molar-refractivity contribution < 1.29 is 4.74 Å². The lowest BCUT2D eigenvalue weighted by molar-refractivity contribution is 0.00244. The van der Waals surface area contributed by atoms with Crippen molar-refractivity contribution in [2.24, 2.45) is 5.92 Å². The number of nitrogens with zero attached hydrogens (tertiary/aromatic N) is 1. The second kappa shape index (κ2) is 7.61. The van der Waals surface area contributed by atoms with Crippen molar-refractivity contribution in [2.75, 3.05) is 26.3 Å². The predicted octanol–water partition coefficient (Wildman–Crippen LogP) is 2.65. The van der Waals surface area contributed by atoms with Gasteiger partial charge in [-0.3, -0.25) is 4.90 Å². The molecule has 0 aromatic carbocycles. The first-order valence-corrected chi connectivity index (χ1v) is 8.33. The van der Waals surface area contributed by atoms with Crippen LogP contribution >= 0.6 is 0 Å². The molecule has 3 nitrogen and oxygen atoms in total. The monoisotopic (exact) mass is 268 g/mol. The molecule has 0 radical (unpaired) electrons. The zero-order chi connectivity index (χ0) is 13.7. The fraction of sp³-hybridized carbons (Fsp3) is 1.00. The molecule has 0 aromatic rings. The highest BCUT2D eigenvalue weighted by atomic mass is 16.5. The molecule has 112 valence electrons. The predicted molar refractivity (Wildman–Crippen MR) is 80.5 cm³/mol. The molecule has 2 heterocycles. The van der Waals surface area contributed by atoms with Crippen LogP contribution in [0.5, 0.6) is 0 Å². The maximum absolute atomic E-state index is 5.52. The molecule has 3 unspecified atom stereocenters. The highest BCUT2D eigenvalue weighted by Crippen LogP contribution is 2.26. The molecule has 3 heteroatoms. The van der Waals surface area contributed by atoms with Crippen molar-refractivity contribution in [2.45, 2.75) is 71.0 Å². The third-order valence-electron chi connectivity index (χ3n) is 5.12. The van der Waals surface area contributed by atoms with Crippen LogP contribution < -0.4 is 5.32 Å². The first-order chi connectivity index (χ1) is 9.26. The van der Waals surface area contributed by atoms with E-state index in [4.69, 9.17) is 4.74 Å². The lowest BCUT2D eigenvalue weighted by Crippen LogP contribution is -2.60. The van der Waals surface area contributed by atoms with Gasteiger partial charge in [0.15, 0.2) is 0 Å². The Bertz CT molecular complexity index is 253. The SMILES string of the molecule is CCCC1CN(C(C)C2CCOCC2)C(CC)CN1. The smallest absolute Gasteiger partial charge is 0.0469 e. The molecule has 2 aliphatic rings. The van der Waals surface area contributed by atoms with E-state index in [1.807, 2.05) is 0 Å². The largest absolute Gasteiger partial charge is 0.381 e. The first kappa shape index (κ1) is 15.3. The Balaban J connectivity index is 1.95. The van der Waals surface area contributed by atoms with E-state index in [1.165, 1.54) is 45.2 Å². The zero-order valence-corrected chi connectivity index (χ0v) is 13.0. The van der Waals surface area contributed by atoms with Gasteiger partial charge in [0.25, 0.3) is 0 Å². The molecule has 2 fully saturated rings. The van der Waals surface area contributed by atoms with Crippen LogP contribution in [0.25, 0.3) is 0 Å². The van der Waals surface area contributed by atoms with E-state index in [9.17, 15) is 0 Å². The molecular weight excluding hydrogens is 236 g/mol. The van der Waals surface area contributed by atoms with E-state index < -0.39 is 0 Å². The Labute approximate surface area is 119 Å². The van der Waals surface area contributed by atoms with Crippen LogP contribution in [-0.2, 0) is 4.74 Å². The fourth-order valence-corrected chi connectivity index (χ4v) is 3.78. The standard InChI is InChI=1S/C16H32N2O/c1-4-6-15-12-18(16(5-2)11-17-15)13(3)14-7-9-19-10-8-14/h13-17H,4-12H2,1-3H3. The molecule has 0 saturated carbocycles. The number of nitrogens with one attached hydrogen (secondary N) is 1. The number of rotatable bonds is 5. The second-order valence-corrected chi connectivity index (χ2v) is 6.34. The molecule has 0 aromatic heterocycles. The number of hydrogen-bond acceptors (Lipinski definition) is 3. The Kier molecular flexibility index (Phi) is 6.11. The number of ether oxygens (including phenoxy) is 1. The van der Waals surface area contributed by atoms with E-state index in [1.54, 1.807) is 0 Å². The third kappa shape index (κ3) is 3.93. The molecule has 2 saturated heterocycles. The van der Waals surface area contributed by atoms with Crippen LogP contribution in [0.15, 0.2) is 0 Å². The summed E-state index contributed by atoms with van der Waals surface area (Å²) in [4.78, 5) is 2.80. The van der Waals surface area contributed by atoms with Crippen molar-refractivity contribution in [3.05, 3.63) is 0 Å². The van der Waals surface area contributed by atoms with Gasteiger partial charge in [-0.2, -0.15) is 0 Å². The van der Waals surface area contributed by atoms with Gasteiger partial charge in [0.1, 0.15) is 0 Å². The molecule has 0 amide bonds. The maximum Gasteiger partial charge on any atom is 0.0469 e. The third-order valence-corrected chi connectivity index (χ3v) is 5.12. The van der Waals surface area contributed by atoms with Gasteiger partial charge in [-0.25, -0.2) is 0 Å². The second-order valence-electron chi connectivity index (χ2n) is 6.34. The van der Waals surface area contributed by atoms with Gasteiger partial charge >= 0.3 is 0 Å². The average Bonchev–Trinajstić information content (AvgIpc) is 2.47. The van der Waals surface area contributed by atoms with Crippen LogP contribution in [0, 0.1) is 5.92 Å². The lowest BCUT2D eigenvalue weighted by Gasteiger charge is -2.46. The van der Waals surface area contributed by atoms with Gasteiger partial charge in [0.2, 0.25) is 0 Å². The Hall–Kier alpha value is -0.120. The molecule has 2 aliphatic heterocycles. The average molecular weight is 268 g/mol. The summed E-state index contributed by atoms with van der Waals surface area (Å²) < 4.78 is 5.52. The van der Waals surface area contributed by atoms with Crippen LogP contribution in [0.4, 0.5) is 0 Å². The molecule has 0 aliphatic carbocycles. The summed E-state index contributed by atoms with van der Waals surface area (Å²) in [6.07, 6.45) is 6.36. The Morgan fingerprint density at radius 1 is 1.26 bits per heavy atom. The Morgan fingerprint density at radius 2 is 2.00 bits per heavy atom. The van der Waals surface area contributed by atoms with Crippen molar-refractivity contribution in [1.82, 2.24) is 10.2 Å². The minimum atomic E-state index is 0.704. The van der Waals surface area contributed by atoms with Gasteiger partial charge in [-0.15, -0.1) is 0 Å². The van der Waals surface area contributed by atoms with E-state index in [0.29, 0.717) is 6.04 Å². The maximum atomic E-state index is 5.52. The summed E-state index contributed by atoms with van der Waals surface area (Å²) in [6, 6.07) is 2.15. The van der Waals surface area contributed by atoms with Gasteiger partial charge in [0, 0.05) is 44.4 Å². The van der Waals surface area contributed by atoms with Crippen LogP contribution in [0.1, 0.15) is 52.9 Å². The molecule has 19 heavy (non-hydrogen) atoms. The minimum Gasteiger partial charge on any atom is -0.381 e. The molecule has 2 rings (SSSR count). The van der Waals surface area contributed by atoms with Crippen molar-refractivity contribution in [1.29, 1.82) is 0 Å². The molecule has 1 N–H and O–H groups in total. The zero-order valence-electron chi connectivity index (χ0n) is 13.0. The van der Waals surface area contributed by atoms with Crippen LogP contribution in [0.3, 0.4) is 0 Å². The number of hydrogen-bond donors (Lipinski definition) is 1. The number of piperazine rings is 1. The van der Waals surface area contributed by atoms with Crippen molar-refractivity contribution in [3.8, 4) is 0 Å². The minimum absolute atomic E-state index is 0.704. The summed E-state index contributed by atoms with van der Waals surface area (Å²) in [5.41, 5.74) is 0. The van der Waals surface area contributed by atoms with Gasteiger partial charge < -0.3 is 10.1 Å². The van der Waals surface area contributed by atoms with Gasteiger partial charge in [-0.1, -0.05) is 20.3 Å². The highest BCUT2D eigenvalue weighted by Gasteiger charge is 2.33. The Morgan fingerprint density at radius 3 is 2.63 bits per heavy atom. The fourth-order valence-electron chi connectivity index (χ4n) is 3.78. The van der Waals surface area contributed by atoms with Gasteiger partial charge in [-0.05, 0) is 38.5 Å². The van der Waals surface area contributed by atoms with E-state index >= 15 is 0 Å². The highest BCUT2D eigenvalue weighted by molar-refractivity contribution is 4.90. The quantitative estimate of drug-likeness (QED) is 0.829. The van der Waals surface area contributed by atoms with E-state index in [2.05, 4.69) is 31.0 Å². The van der Waals surface area contributed by atoms with Gasteiger partial charge in [0.05, 0.1) is 0 Å². The topological polar surface area (TPSA) is 24.5 Å². The summed E-state index contributed by atoms with van der Waals surface area (Å²) in [7, 11) is 0. The summed E-state index contributed by atoms with van der Waals surface area (Å²) in [6.45, 7) is 11.4. The van der Waals surface area contributed by atoms with Crippen LogP contribution in [0.2, 0.25) is 0 Å². The molecular formula is C16H32N2O. The van der Waals surface area contributed by atoms with E-state index in [-0.39, 0.29) is 0 Å². The molecule has 0 bridgehead atoms. The van der Waals surface area contributed by atoms with Crippen molar-refractivity contribution >= 4 is 0 Å². The summed E-state index contributed by atoms with van der Waals surface area (Å²) in [5.74, 6) is 0.836. The van der Waals surface area contributed by atoms with Crippen molar-refractivity contribution in [3.63, 3.8) is 0 Å². The van der Waals surface area contributed by atoms with E-state index in [0.717, 1.165) is 31.2 Å².